The van der Waals surface area contributed by atoms with Crippen LogP contribution in [-0.4, -0.2) is 46.4 Å². The quantitative estimate of drug-likeness (QED) is 0.710. The van der Waals surface area contributed by atoms with E-state index in [1.807, 2.05) is 0 Å². The largest absolute Gasteiger partial charge is 0.396 e. The molecular weight excluding hydrogens is 278 g/mol. The maximum absolute atomic E-state index is 11.6. The van der Waals surface area contributed by atoms with E-state index >= 15 is 0 Å². The molecule has 2 N–H and O–H groups in total. The number of aliphatic hydroxyl groups is 1. The lowest BCUT2D eigenvalue weighted by Crippen LogP contribution is -2.42. The van der Waals surface area contributed by atoms with E-state index < -0.39 is 30.4 Å². The van der Waals surface area contributed by atoms with Crippen molar-refractivity contribution in [2.75, 3.05) is 24.5 Å². The van der Waals surface area contributed by atoms with Gasteiger partial charge in [0.2, 0.25) is 10.0 Å². The third-order valence-electron chi connectivity index (χ3n) is 3.29. The van der Waals surface area contributed by atoms with Gasteiger partial charge in [0.15, 0.2) is 14.9 Å². The normalized spacial score (nSPS) is 20.8. The summed E-state index contributed by atoms with van der Waals surface area (Å²) in [5, 5.41) is 8.52. The molecule has 1 aliphatic carbocycles. The molecule has 0 aromatic carbocycles. The number of rotatable bonds is 6. The maximum atomic E-state index is 11.6. The Hall–Kier alpha value is -0.180. The van der Waals surface area contributed by atoms with Crippen molar-refractivity contribution in [1.82, 2.24) is 4.72 Å². The minimum Gasteiger partial charge on any atom is -0.396 e. The predicted molar refractivity (Wildman–Crippen MR) is 69.2 cm³/mol. The molecule has 0 aliphatic heterocycles. The van der Waals surface area contributed by atoms with Gasteiger partial charge in [-0.15, -0.1) is 0 Å². The first-order valence-electron chi connectivity index (χ1n) is 5.94. The number of sulfone groups is 1. The summed E-state index contributed by atoms with van der Waals surface area (Å²) in [7, 11) is -7.41. The van der Waals surface area contributed by atoms with Gasteiger partial charge in [-0.3, -0.25) is 0 Å². The Balaban J connectivity index is 2.62. The Morgan fingerprint density at radius 2 is 1.67 bits per heavy atom. The van der Waals surface area contributed by atoms with Crippen molar-refractivity contribution in [1.29, 1.82) is 0 Å². The molecule has 0 atom stereocenters. The van der Waals surface area contributed by atoms with E-state index in [1.165, 1.54) is 0 Å². The smallest absolute Gasteiger partial charge is 0.226 e. The molecular formula is C10H21NO5S2. The van der Waals surface area contributed by atoms with Crippen LogP contribution in [0.4, 0.5) is 0 Å². The van der Waals surface area contributed by atoms with Crippen molar-refractivity contribution >= 4 is 19.9 Å². The highest BCUT2D eigenvalue weighted by atomic mass is 32.3. The molecule has 0 amide bonds. The van der Waals surface area contributed by atoms with Crippen LogP contribution in [0.15, 0.2) is 0 Å². The lowest BCUT2D eigenvalue weighted by molar-refractivity contribution is 0.0868. The molecule has 0 heterocycles. The van der Waals surface area contributed by atoms with Gasteiger partial charge in [0, 0.05) is 24.8 Å². The average molecular weight is 299 g/mol. The van der Waals surface area contributed by atoms with Gasteiger partial charge < -0.3 is 5.11 Å². The van der Waals surface area contributed by atoms with Crippen molar-refractivity contribution < 1.29 is 21.9 Å². The second-order valence-corrected chi connectivity index (χ2v) is 9.51. The second-order valence-electron chi connectivity index (χ2n) is 5.20. The van der Waals surface area contributed by atoms with Crippen molar-refractivity contribution in [3.63, 3.8) is 0 Å². The summed E-state index contributed by atoms with van der Waals surface area (Å²) in [6, 6.07) is 0. The fraction of sp³-hybridized carbons (Fsp3) is 1.00. The lowest BCUT2D eigenvalue weighted by Gasteiger charge is -2.35. The van der Waals surface area contributed by atoms with Gasteiger partial charge in [0.1, 0.15) is 0 Å². The first-order valence-corrected chi connectivity index (χ1v) is 9.65. The molecule has 1 aliphatic rings. The van der Waals surface area contributed by atoms with Gasteiger partial charge in [-0.2, -0.15) is 0 Å². The molecule has 0 saturated heterocycles. The van der Waals surface area contributed by atoms with Crippen LogP contribution in [0, 0.1) is 5.41 Å². The Kier molecular flexibility index (Phi) is 5.16. The van der Waals surface area contributed by atoms with E-state index in [2.05, 4.69) is 4.72 Å². The molecule has 108 valence electrons. The molecule has 0 unspecified atom stereocenters. The van der Waals surface area contributed by atoms with E-state index in [0.29, 0.717) is 0 Å². The van der Waals surface area contributed by atoms with E-state index in [9.17, 15) is 21.9 Å². The Labute approximate surface area is 109 Å². The predicted octanol–water partition coefficient (Wildman–Crippen LogP) is -0.149. The topological polar surface area (TPSA) is 101 Å². The van der Waals surface area contributed by atoms with Crippen LogP contribution in [0.2, 0.25) is 0 Å². The van der Waals surface area contributed by atoms with Crippen LogP contribution >= 0.6 is 0 Å². The average Bonchev–Trinajstić information content (AvgIpc) is 2.25. The van der Waals surface area contributed by atoms with Crippen LogP contribution < -0.4 is 4.72 Å². The highest BCUT2D eigenvalue weighted by Crippen LogP contribution is 2.35. The summed E-state index contributed by atoms with van der Waals surface area (Å²) in [4.78, 5) is 0. The minimum absolute atomic E-state index is 0.0750. The van der Waals surface area contributed by atoms with Gasteiger partial charge in [0.05, 0.1) is 0 Å². The molecule has 0 aromatic rings. The van der Waals surface area contributed by atoms with Crippen molar-refractivity contribution in [2.24, 2.45) is 5.41 Å². The summed E-state index contributed by atoms with van der Waals surface area (Å²) < 4.78 is 47.4. The molecule has 1 saturated carbocycles. The molecule has 0 radical (unpaired) electrons. The van der Waals surface area contributed by atoms with E-state index in [-0.39, 0.29) is 13.2 Å². The summed E-state index contributed by atoms with van der Waals surface area (Å²) >= 11 is 0. The van der Waals surface area contributed by atoms with Gasteiger partial charge in [-0.25, -0.2) is 21.6 Å². The first kappa shape index (κ1) is 15.9. The molecule has 1 fully saturated rings. The van der Waals surface area contributed by atoms with E-state index in [4.69, 9.17) is 0 Å². The maximum Gasteiger partial charge on any atom is 0.226 e. The van der Waals surface area contributed by atoms with Crippen molar-refractivity contribution in [3.8, 4) is 0 Å². The Morgan fingerprint density at radius 1 is 1.11 bits per heavy atom. The van der Waals surface area contributed by atoms with Crippen LogP contribution in [0.25, 0.3) is 0 Å². The molecule has 0 aromatic heterocycles. The highest BCUT2D eigenvalue weighted by molar-refractivity contribution is 8.06. The zero-order valence-corrected chi connectivity index (χ0v) is 12.2. The number of hydrogen-bond donors (Lipinski definition) is 2. The standard InChI is InChI=1S/C10H21NO5S2/c1-17(13,14)9-18(15,16)11-7-10(8-12)5-3-2-4-6-10/h11-12H,2-9H2,1H3. The number of sulfonamides is 1. The highest BCUT2D eigenvalue weighted by Gasteiger charge is 2.33. The second kappa shape index (κ2) is 5.85. The minimum atomic E-state index is -3.84. The summed E-state index contributed by atoms with van der Waals surface area (Å²) in [6.45, 7) is 0.0374. The number of hydrogen-bond acceptors (Lipinski definition) is 5. The van der Waals surface area contributed by atoms with Crippen molar-refractivity contribution in [3.05, 3.63) is 0 Å². The van der Waals surface area contributed by atoms with Gasteiger partial charge in [-0.05, 0) is 12.8 Å². The zero-order chi connectivity index (χ0) is 13.9. The Bertz CT molecular complexity index is 462. The lowest BCUT2D eigenvalue weighted by atomic mass is 9.75. The molecule has 18 heavy (non-hydrogen) atoms. The van der Waals surface area contributed by atoms with Crippen LogP contribution in [-0.2, 0) is 19.9 Å². The summed E-state index contributed by atoms with van der Waals surface area (Å²) in [6.07, 6.45) is 5.45. The first-order chi connectivity index (χ1) is 8.18. The molecule has 0 bridgehead atoms. The van der Waals surface area contributed by atoms with Crippen LogP contribution in [0.3, 0.4) is 0 Å². The number of aliphatic hydroxyl groups excluding tert-OH is 1. The molecule has 8 heteroatoms. The molecule has 0 spiro atoms. The summed E-state index contributed by atoms with van der Waals surface area (Å²) in [5.74, 6) is 0. The SMILES string of the molecule is CS(=O)(=O)CS(=O)(=O)NCC1(CO)CCCCC1. The van der Waals surface area contributed by atoms with Gasteiger partial charge in [-0.1, -0.05) is 19.3 Å². The summed E-state index contributed by atoms with van der Waals surface area (Å²) in [5.41, 5.74) is -0.428. The molecule has 1 rings (SSSR count). The third-order valence-corrected chi connectivity index (χ3v) is 6.82. The molecule has 6 nitrogen and oxygen atoms in total. The van der Waals surface area contributed by atoms with Crippen LogP contribution in [0.5, 0.6) is 0 Å². The third kappa shape index (κ3) is 5.21. The monoisotopic (exact) mass is 299 g/mol. The van der Waals surface area contributed by atoms with Crippen molar-refractivity contribution in [2.45, 2.75) is 32.1 Å². The fourth-order valence-electron chi connectivity index (χ4n) is 2.28. The van der Waals surface area contributed by atoms with E-state index in [1.54, 1.807) is 0 Å². The van der Waals surface area contributed by atoms with Gasteiger partial charge in [0.25, 0.3) is 0 Å². The Morgan fingerprint density at radius 3 is 2.11 bits per heavy atom. The van der Waals surface area contributed by atoms with Gasteiger partial charge >= 0.3 is 0 Å². The zero-order valence-electron chi connectivity index (χ0n) is 10.6. The fourth-order valence-corrected chi connectivity index (χ4v) is 5.39. The van der Waals surface area contributed by atoms with Crippen LogP contribution in [0.1, 0.15) is 32.1 Å². The number of nitrogens with one attached hydrogen (secondary N) is 1. The van der Waals surface area contributed by atoms with E-state index in [0.717, 1.165) is 38.4 Å².